The lowest BCUT2D eigenvalue weighted by Gasteiger charge is -2.13. The molecular formula is C12H12N2O10. The first kappa shape index (κ1) is 17.2. The molecule has 0 bridgehead atoms. The molecule has 0 aliphatic carbocycles. The quantitative estimate of drug-likeness (QED) is 0.360. The molecule has 0 unspecified atom stereocenters. The molecule has 0 N–H and O–H groups in total. The molecule has 0 atom stereocenters. The molecule has 0 radical (unpaired) electrons. The van der Waals surface area contributed by atoms with Crippen molar-refractivity contribution in [3.63, 3.8) is 0 Å². The molecular weight excluding hydrogens is 332 g/mol. The summed E-state index contributed by atoms with van der Waals surface area (Å²) in [5.41, 5.74) is 0. The third kappa shape index (κ3) is 4.18. The first-order valence-corrected chi connectivity index (χ1v) is 6.79. The molecule has 0 saturated carbocycles. The van der Waals surface area contributed by atoms with Gasteiger partial charge in [0.2, 0.25) is 0 Å². The molecule has 2 fully saturated rings. The molecule has 2 heterocycles. The summed E-state index contributed by atoms with van der Waals surface area (Å²) in [6.07, 6.45) is -2.91. The largest absolute Gasteiger partial charge is 0.534 e. The minimum Gasteiger partial charge on any atom is -0.429 e. The summed E-state index contributed by atoms with van der Waals surface area (Å²) >= 11 is 0. The maximum Gasteiger partial charge on any atom is 0.534 e. The van der Waals surface area contributed by atoms with Gasteiger partial charge >= 0.3 is 12.3 Å². The molecule has 0 aromatic rings. The van der Waals surface area contributed by atoms with E-state index in [4.69, 9.17) is 0 Å². The summed E-state index contributed by atoms with van der Waals surface area (Å²) in [6.45, 7) is -0.932. The number of hydrogen-bond donors (Lipinski definition) is 0. The van der Waals surface area contributed by atoms with Crippen molar-refractivity contribution < 1.29 is 47.9 Å². The van der Waals surface area contributed by atoms with Gasteiger partial charge in [0.25, 0.3) is 23.6 Å². The Balaban J connectivity index is 1.62. The van der Waals surface area contributed by atoms with Crippen LogP contribution in [-0.4, -0.2) is 59.3 Å². The highest BCUT2D eigenvalue weighted by Crippen LogP contribution is 2.13. The Morgan fingerprint density at radius 1 is 0.667 bits per heavy atom. The van der Waals surface area contributed by atoms with Crippen molar-refractivity contribution in [1.82, 2.24) is 10.1 Å². The number of nitrogens with zero attached hydrogens (tertiary/aromatic N) is 2. The Morgan fingerprint density at radius 3 is 1.25 bits per heavy atom. The third-order valence-electron chi connectivity index (χ3n) is 2.87. The number of hydroxylamine groups is 4. The van der Waals surface area contributed by atoms with Crippen LogP contribution in [0.25, 0.3) is 0 Å². The molecule has 12 nitrogen and oxygen atoms in total. The normalized spacial score (nSPS) is 17.3. The van der Waals surface area contributed by atoms with Gasteiger partial charge in [0.15, 0.2) is 0 Å². The number of rotatable bonds is 5. The molecule has 0 aromatic carbocycles. The van der Waals surface area contributed by atoms with Crippen LogP contribution in [0, 0.1) is 0 Å². The highest BCUT2D eigenvalue weighted by molar-refractivity contribution is 6.01. The SMILES string of the molecule is O=C(OCCOC(=O)ON1C(=O)CCC1=O)ON1C(=O)CCC1=O. The minimum absolute atomic E-state index is 0.0605. The van der Waals surface area contributed by atoms with Gasteiger partial charge in [-0.05, 0) is 0 Å². The van der Waals surface area contributed by atoms with Crippen LogP contribution in [0.4, 0.5) is 9.59 Å². The number of imide groups is 2. The zero-order chi connectivity index (χ0) is 17.7. The van der Waals surface area contributed by atoms with Crippen LogP contribution in [0.15, 0.2) is 0 Å². The number of hydrogen-bond acceptors (Lipinski definition) is 10. The van der Waals surface area contributed by atoms with Gasteiger partial charge in [-0.2, -0.15) is 0 Å². The number of carbonyl (C=O) groups excluding carboxylic acids is 6. The number of ether oxygens (including phenoxy) is 2. The van der Waals surface area contributed by atoms with Crippen molar-refractivity contribution in [2.75, 3.05) is 13.2 Å². The van der Waals surface area contributed by atoms with Crippen LogP contribution < -0.4 is 0 Å². The monoisotopic (exact) mass is 344 g/mol. The van der Waals surface area contributed by atoms with E-state index in [9.17, 15) is 28.8 Å². The summed E-state index contributed by atoms with van der Waals surface area (Å²) in [5, 5.41) is 0.587. The van der Waals surface area contributed by atoms with Crippen LogP contribution >= 0.6 is 0 Å². The average molecular weight is 344 g/mol. The van der Waals surface area contributed by atoms with E-state index in [0.717, 1.165) is 0 Å². The van der Waals surface area contributed by atoms with E-state index < -0.39 is 49.2 Å². The van der Waals surface area contributed by atoms with Crippen LogP contribution in [-0.2, 0) is 38.3 Å². The fourth-order valence-electron chi connectivity index (χ4n) is 1.77. The zero-order valence-electron chi connectivity index (χ0n) is 12.2. The van der Waals surface area contributed by atoms with Gasteiger partial charge in [0, 0.05) is 25.7 Å². The summed E-state index contributed by atoms with van der Waals surface area (Å²) in [7, 11) is 0. The Kier molecular flexibility index (Phi) is 5.29. The first-order valence-electron chi connectivity index (χ1n) is 6.79. The van der Waals surface area contributed by atoms with Gasteiger partial charge in [-0.1, -0.05) is 10.1 Å². The van der Waals surface area contributed by atoms with Crippen LogP contribution in [0.2, 0.25) is 0 Å². The predicted molar refractivity (Wildman–Crippen MR) is 67.0 cm³/mol. The van der Waals surface area contributed by atoms with E-state index in [2.05, 4.69) is 19.1 Å². The smallest absolute Gasteiger partial charge is 0.429 e. The van der Waals surface area contributed by atoms with E-state index in [1.54, 1.807) is 0 Å². The predicted octanol–water partition coefficient (Wildman–Crippen LogP) is -0.579. The van der Waals surface area contributed by atoms with Crippen molar-refractivity contribution in [2.45, 2.75) is 25.7 Å². The van der Waals surface area contributed by atoms with E-state index in [0.29, 0.717) is 10.1 Å². The second-order valence-corrected chi connectivity index (χ2v) is 4.54. The van der Waals surface area contributed by atoms with Gasteiger partial charge < -0.3 is 9.47 Å². The second kappa shape index (κ2) is 7.39. The van der Waals surface area contributed by atoms with E-state index in [-0.39, 0.29) is 25.7 Å². The summed E-state index contributed by atoms with van der Waals surface area (Å²) < 4.78 is 8.95. The zero-order valence-corrected chi connectivity index (χ0v) is 12.2. The summed E-state index contributed by atoms with van der Waals surface area (Å²) in [5.74, 6) is -2.68. The fourth-order valence-corrected chi connectivity index (χ4v) is 1.77. The fraction of sp³-hybridized carbons (Fsp3) is 0.500. The molecule has 24 heavy (non-hydrogen) atoms. The Bertz CT molecular complexity index is 517. The van der Waals surface area contributed by atoms with Gasteiger partial charge in [0.05, 0.1) is 0 Å². The van der Waals surface area contributed by atoms with Gasteiger partial charge in [-0.25, -0.2) is 9.59 Å². The van der Waals surface area contributed by atoms with E-state index in [1.807, 2.05) is 0 Å². The first-order chi connectivity index (χ1) is 11.4. The lowest BCUT2D eigenvalue weighted by molar-refractivity contribution is -0.179. The van der Waals surface area contributed by atoms with Crippen LogP contribution in [0.3, 0.4) is 0 Å². The molecule has 2 aliphatic rings. The molecule has 4 amide bonds. The molecule has 2 saturated heterocycles. The molecule has 0 spiro atoms. The molecule has 2 aliphatic heterocycles. The van der Waals surface area contributed by atoms with Crippen molar-refractivity contribution in [3.8, 4) is 0 Å². The number of amides is 4. The summed E-state index contributed by atoms with van der Waals surface area (Å²) in [6, 6.07) is 0. The second-order valence-electron chi connectivity index (χ2n) is 4.54. The Hall–Kier alpha value is -3.18. The topological polar surface area (TPSA) is 146 Å². The Morgan fingerprint density at radius 2 is 0.958 bits per heavy atom. The molecule has 12 heteroatoms. The van der Waals surface area contributed by atoms with Crippen molar-refractivity contribution in [2.24, 2.45) is 0 Å². The molecule has 130 valence electrons. The molecule has 0 aromatic heterocycles. The minimum atomic E-state index is -1.33. The van der Waals surface area contributed by atoms with Gasteiger partial charge in [0.1, 0.15) is 13.2 Å². The number of carbonyl (C=O) groups is 6. The average Bonchev–Trinajstić information content (AvgIpc) is 3.01. The van der Waals surface area contributed by atoms with Gasteiger partial charge in [-0.15, -0.1) is 0 Å². The maximum absolute atomic E-state index is 11.2. The van der Waals surface area contributed by atoms with Crippen molar-refractivity contribution >= 4 is 35.9 Å². The Labute approximate surface area is 134 Å². The lowest BCUT2D eigenvalue weighted by atomic mass is 10.4. The lowest BCUT2D eigenvalue weighted by Crippen LogP contribution is -2.33. The maximum atomic E-state index is 11.2. The highest BCUT2D eigenvalue weighted by Gasteiger charge is 2.34. The van der Waals surface area contributed by atoms with Crippen molar-refractivity contribution in [1.29, 1.82) is 0 Å². The third-order valence-corrected chi connectivity index (χ3v) is 2.87. The molecule has 2 rings (SSSR count). The van der Waals surface area contributed by atoms with E-state index >= 15 is 0 Å². The summed E-state index contributed by atoms with van der Waals surface area (Å²) in [4.78, 5) is 76.0. The standard InChI is InChI=1S/C12H12N2O10/c15-7-1-2-8(16)13(7)23-11(19)21-5-6-22-12(20)24-14-9(17)3-4-10(14)18/h1-6H2. The van der Waals surface area contributed by atoms with Crippen molar-refractivity contribution in [3.05, 3.63) is 0 Å². The highest BCUT2D eigenvalue weighted by atomic mass is 16.8. The van der Waals surface area contributed by atoms with Gasteiger partial charge in [-0.3, -0.25) is 28.9 Å². The van der Waals surface area contributed by atoms with Crippen LogP contribution in [0.5, 0.6) is 0 Å². The van der Waals surface area contributed by atoms with E-state index in [1.165, 1.54) is 0 Å². The van der Waals surface area contributed by atoms with Crippen LogP contribution in [0.1, 0.15) is 25.7 Å².